The Labute approximate surface area is 138 Å². The van der Waals surface area contributed by atoms with Crippen LogP contribution in [0.2, 0.25) is 0 Å². The van der Waals surface area contributed by atoms with E-state index in [0.29, 0.717) is 12.5 Å². The van der Waals surface area contributed by atoms with E-state index in [0.717, 1.165) is 24.2 Å². The molecule has 1 unspecified atom stereocenters. The molecule has 116 valence electrons. The summed E-state index contributed by atoms with van der Waals surface area (Å²) in [5.41, 5.74) is 9.09. The summed E-state index contributed by atoms with van der Waals surface area (Å²) >= 11 is 3.57. The minimum absolute atomic E-state index is 0.488. The van der Waals surface area contributed by atoms with Crippen molar-refractivity contribution in [1.29, 1.82) is 0 Å². The number of nitrogens with zero attached hydrogens (tertiary/aromatic N) is 2. The number of aromatic nitrogens is 2. The van der Waals surface area contributed by atoms with Gasteiger partial charge in [-0.2, -0.15) is 5.10 Å². The molecule has 3 rings (SSSR count). The molecule has 6 heteroatoms. The summed E-state index contributed by atoms with van der Waals surface area (Å²) in [6.07, 6.45) is 2.83. The molecule has 0 radical (unpaired) electrons. The van der Waals surface area contributed by atoms with Gasteiger partial charge in [-0.25, -0.2) is 0 Å². The van der Waals surface area contributed by atoms with Gasteiger partial charge in [-0.3, -0.25) is 0 Å². The average molecular weight is 332 g/mol. The van der Waals surface area contributed by atoms with Crippen molar-refractivity contribution in [2.45, 2.75) is 26.8 Å². The van der Waals surface area contributed by atoms with Crippen LogP contribution >= 0.6 is 22.7 Å². The van der Waals surface area contributed by atoms with Crippen LogP contribution in [0, 0.1) is 12.8 Å². The fourth-order valence-electron chi connectivity index (χ4n) is 2.37. The summed E-state index contributed by atoms with van der Waals surface area (Å²) in [4.78, 5) is 2.68. The van der Waals surface area contributed by atoms with Crippen molar-refractivity contribution in [1.82, 2.24) is 10.2 Å². The highest BCUT2D eigenvalue weighted by atomic mass is 32.1. The Morgan fingerprint density at radius 3 is 3.00 bits per heavy atom. The van der Waals surface area contributed by atoms with Gasteiger partial charge < -0.3 is 11.1 Å². The zero-order valence-electron chi connectivity index (χ0n) is 12.8. The second kappa shape index (κ2) is 6.73. The molecule has 4 nitrogen and oxygen atoms in total. The smallest absolute Gasteiger partial charge is 0.109 e. The van der Waals surface area contributed by atoms with E-state index < -0.39 is 0 Å². The van der Waals surface area contributed by atoms with Gasteiger partial charge in [0.25, 0.3) is 0 Å². The molecular formula is C16H20N4S2. The van der Waals surface area contributed by atoms with Gasteiger partial charge in [0, 0.05) is 16.3 Å². The summed E-state index contributed by atoms with van der Waals surface area (Å²) in [6.45, 7) is 5.85. The predicted octanol–water partition coefficient (Wildman–Crippen LogP) is 3.81. The van der Waals surface area contributed by atoms with E-state index in [4.69, 9.17) is 5.73 Å². The lowest BCUT2D eigenvalue weighted by atomic mass is 10.1. The molecular weight excluding hydrogens is 312 g/mol. The zero-order chi connectivity index (χ0) is 15.5. The zero-order valence-corrected chi connectivity index (χ0v) is 14.4. The van der Waals surface area contributed by atoms with Gasteiger partial charge in [0.05, 0.1) is 16.6 Å². The van der Waals surface area contributed by atoms with Crippen molar-refractivity contribution in [2.24, 2.45) is 11.7 Å². The number of aryl methyl sites for hydroxylation is 1. The van der Waals surface area contributed by atoms with Gasteiger partial charge in [-0.15, -0.1) is 27.8 Å². The minimum atomic E-state index is 0.488. The van der Waals surface area contributed by atoms with Crippen LogP contribution in [0.5, 0.6) is 0 Å². The number of hydrogen-bond acceptors (Lipinski definition) is 6. The van der Waals surface area contributed by atoms with Crippen molar-refractivity contribution in [3.05, 3.63) is 39.0 Å². The Hall–Kier alpha value is -1.50. The van der Waals surface area contributed by atoms with Crippen LogP contribution in [-0.2, 0) is 13.0 Å². The highest BCUT2D eigenvalue weighted by molar-refractivity contribution is 7.19. The van der Waals surface area contributed by atoms with Gasteiger partial charge in [0.1, 0.15) is 5.52 Å². The molecule has 0 bridgehead atoms. The van der Waals surface area contributed by atoms with Crippen molar-refractivity contribution in [3.8, 4) is 0 Å². The topological polar surface area (TPSA) is 63.8 Å². The molecule has 1 atom stereocenters. The molecule has 3 N–H and O–H groups in total. The van der Waals surface area contributed by atoms with E-state index in [1.165, 1.54) is 20.0 Å². The molecule has 0 spiro atoms. The van der Waals surface area contributed by atoms with E-state index in [2.05, 4.69) is 46.9 Å². The number of hydrogen-bond donors (Lipinski definition) is 2. The maximum Gasteiger partial charge on any atom is 0.109 e. The van der Waals surface area contributed by atoms with Gasteiger partial charge in [0.2, 0.25) is 0 Å². The third-order valence-corrected chi connectivity index (χ3v) is 5.99. The standard InChI is InChI=1S/C16H20N4S2/c1-10(7-17)6-14-11(2)15-16(22-14)13(9-19-20-15)18-8-12-4-3-5-21-12/h3-5,9-10H,6-8,17H2,1-2H3,(H,18,20). The first kappa shape index (κ1) is 15.4. The quantitative estimate of drug-likeness (QED) is 0.720. The van der Waals surface area contributed by atoms with Crippen LogP contribution in [0.25, 0.3) is 10.2 Å². The summed E-state index contributed by atoms with van der Waals surface area (Å²) < 4.78 is 1.20. The van der Waals surface area contributed by atoms with Crippen molar-refractivity contribution >= 4 is 38.6 Å². The van der Waals surface area contributed by atoms with Gasteiger partial charge in [-0.1, -0.05) is 13.0 Å². The van der Waals surface area contributed by atoms with Crippen LogP contribution in [0.3, 0.4) is 0 Å². The van der Waals surface area contributed by atoms with Crippen molar-refractivity contribution in [2.75, 3.05) is 11.9 Å². The third kappa shape index (κ3) is 3.14. The first-order valence-electron chi connectivity index (χ1n) is 7.39. The molecule has 0 fully saturated rings. The van der Waals surface area contributed by atoms with Gasteiger partial charge in [0.15, 0.2) is 0 Å². The van der Waals surface area contributed by atoms with Crippen LogP contribution < -0.4 is 11.1 Å². The Balaban J connectivity index is 1.89. The second-order valence-corrected chi connectivity index (χ2v) is 7.70. The Kier molecular flexibility index (Phi) is 4.71. The highest BCUT2D eigenvalue weighted by Gasteiger charge is 2.15. The molecule has 0 amide bonds. The molecule has 0 aliphatic rings. The minimum Gasteiger partial charge on any atom is -0.378 e. The molecule has 0 aliphatic heterocycles. The predicted molar refractivity (Wildman–Crippen MR) is 95.7 cm³/mol. The largest absolute Gasteiger partial charge is 0.378 e. The van der Waals surface area contributed by atoms with Crippen LogP contribution in [0.1, 0.15) is 22.2 Å². The molecule has 3 aromatic rings. The molecule has 0 saturated heterocycles. The number of nitrogens with one attached hydrogen (secondary N) is 1. The van der Waals surface area contributed by atoms with E-state index in [1.807, 2.05) is 17.5 Å². The Bertz CT molecular complexity index is 749. The summed E-state index contributed by atoms with van der Waals surface area (Å²) in [5.74, 6) is 0.488. The van der Waals surface area contributed by atoms with Crippen molar-refractivity contribution in [3.63, 3.8) is 0 Å². The van der Waals surface area contributed by atoms with Gasteiger partial charge >= 0.3 is 0 Å². The molecule has 0 saturated carbocycles. The number of thiophene rings is 2. The number of nitrogens with two attached hydrogens (primary N) is 1. The second-order valence-electron chi connectivity index (χ2n) is 5.56. The molecule has 0 aliphatic carbocycles. The Morgan fingerprint density at radius 1 is 1.41 bits per heavy atom. The van der Waals surface area contributed by atoms with Crippen LogP contribution in [0.4, 0.5) is 5.69 Å². The summed E-state index contributed by atoms with van der Waals surface area (Å²) in [5, 5.41) is 14.1. The highest BCUT2D eigenvalue weighted by Crippen LogP contribution is 2.35. The lowest BCUT2D eigenvalue weighted by Gasteiger charge is -2.06. The maximum atomic E-state index is 5.76. The normalized spacial score (nSPS) is 12.7. The van der Waals surface area contributed by atoms with E-state index in [1.54, 1.807) is 11.3 Å². The van der Waals surface area contributed by atoms with E-state index in [9.17, 15) is 0 Å². The van der Waals surface area contributed by atoms with E-state index in [-0.39, 0.29) is 0 Å². The fourth-order valence-corrected chi connectivity index (χ4v) is 4.41. The molecule has 22 heavy (non-hydrogen) atoms. The fraction of sp³-hybridized carbons (Fsp3) is 0.375. The maximum absolute atomic E-state index is 5.76. The number of anilines is 1. The van der Waals surface area contributed by atoms with E-state index >= 15 is 0 Å². The lowest BCUT2D eigenvalue weighted by molar-refractivity contribution is 0.597. The summed E-state index contributed by atoms with van der Waals surface area (Å²) in [6, 6.07) is 4.21. The SMILES string of the molecule is Cc1c(CC(C)CN)sc2c(NCc3cccs3)cnnc12. The number of fused-ring (bicyclic) bond motifs is 1. The average Bonchev–Trinajstić information content (AvgIpc) is 3.15. The molecule has 0 aromatic carbocycles. The first-order valence-corrected chi connectivity index (χ1v) is 9.08. The van der Waals surface area contributed by atoms with Crippen LogP contribution in [0.15, 0.2) is 23.7 Å². The summed E-state index contributed by atoms with van der Waals surface area (Å²) in [7, 11) is 0. The lowest BCUT2D eigenvalue weighted by Crippen LogP contribution is -2.12. The monoisotopic (exact) mass is 332 g/mol. The van der Waals surface area contributed by atoms with Gasteiger partial charge in [-0.05, 0) is 42.8 Å². The molecule has 3 heterocycles. The van der Waals surface area contributed by atoms with Crippen LogP contribution in [-0.4, -0.2) is 16.7 Å². The number of rotatable bonds is 6. The Morgan fingerprint density at radius 2 is 2.27 bits per heavy atom. The molecule has 3 aromatic heterocycles. The third-order valence-electron chi connectivity index (χ3n) is 3.77. The van der Waals surface area contributed by atoms with Crippen molar-refractivity contribution < 1.29 is 0 Å². The first-order chi connectivity index (χ1) is 10.7.